The number of carbonyl (C=O) groups is 1. The van der Waals surface area contributed by atoms with Crippen LogP contribution in [0.15, 0.2) is 0 Å². The molecule has 0 aliphatic heterocycles. The first-order valence-corrected chi connectivity index (χ1v) is 3.61. The van der Waals surface area contributed by atoms with Gasteiger partial charge in [-0.1, -0.05) is 0 Å². The van der Waals surface area contributed by atoms with Gasteiger partial charge >= 0.3 is 0 Å². The predicted molar refractivity (Wildman–Crippen MR) is 44.7 cm³/mol. The van der Waals surface area contributed by atoms with Gasteiger partial charge < -0.3 is 11.1 Å². The van der Waals surface area contributed by atoms with Gasteiger partial charge in [-0.05, 0) is 13.8 Å². The van der Waals surface area contributed by atoms with Crippen LogP contribution in [-0.4, -0.2) is 18.5 Å². The molecule has 0 aliphatic rings. The van der Waals surface area contributed by atoms with Crippen molar-refractivity contribution in [1.82, 2.24) is 5.32 Å². The maximum absolute atomic E-state index is 10.8. The first-order chi connectivity index (χ1) is 5.18. The molecule has 0 spiro atoms. The Hall–Kier alpha value is -1.01. The molecular weight excluding hydrogens is 140 g/mol. The molecule has 0 aromatic carbocycles. The molecular formula is C8H14N2O. The zero-order valence-corrected chi connectivity index (χ0v) is 6.98. The molecule has 3 N–H and O–H groups in total. The molecule has 0 aromatic heterocycles. The molecule has 0 heterocycles. The van der Waals surface area contributed by atoms with Crippen molar-refractivity contribution < 1.29 is 4.79 Å². The fourth-order valence-electron chi connectivity index (χ4n) is 0.534. The van der Waals surface area contributed by atoms with Gasteiger partial charge in [-0.15, -0.1) is 11.8 Å². The van der Waals surface area contributed by atoms with Crippen molar-refractivity contribution in [3.8, 4) is 11.8 Å². The number of hydrogen-bond donors (Lipinski definition) is 2. The monoisotopic (exact) mass is 154 g/mol. The van der Waals surface area contributed by atoms with E-state index in [1.165, 1.54) is 0 Å². The maximum Gasteiger partial charge on any atom is 0.236 e. The Balaban J connectivity index is 3.37. The molecule has 0 aromatic rings. The van der Waals surface area contributed by atoms with Gasteiger partial charge in [0.05, 0.1) is 6.04 Å². The third kappa shape index (κ3) is 5.43. The van der Waals surface area contributed by atoms with Crippen LogP contribution in [0.25, 0.3) is 0 Å². The first kappa shape index (κ1) is 9.99. The molecule has 0 saturated heterocycles. The van der Waals surface area contributed by atoms with Crippen molar-refractivity contribution in [1.29, 1.82) is 0 Å². The highest BCUT2D eigenvalue weighted by molar-refractivity contribution is 5.80. The molecule has 11 heavy (non-hydrogen) atoms. The van der Waals surface area contributed by atoms with Gasteiger partial charge in [0.1, 0.15) is 0 Å². The zero-order valence-electron chi connectivity index (χ0n) is 6.98. The second kappa shape index (κ2) is 5.75. The average molecular weight is 154 g/mol. The fourth-order valence-corrected chi connectivity index (χ4v) is 0.534. The van der Waals surface area contributed by atoms with Crippen molar-refractivity contribution in [3.05, 3.63) is 0 Å². The molecule has 0 saturated carbocycles. The molecule has 0 rings (SSSR count). The summed E-state index contributed by atoms with van der Waals surface area (Å²) in [5, 5.41) is 2.65. The number of nitrogens with two attached hydrogens (primary N) is 1. The van der Waals surface area contributed by atoms with E-state index in [2.05, 4.69) is 17.2 Å². The summed E-state index contributed by atoms with van der Waals surface area (Å²) in [5.41, 5.74) is 5.30. The van der Waals surface area contributed by atoms with E-state index in [1.807, 2.05) is 0 Å². The third-order valence-electron chi connectivity index (χ3n) is 1.14. The lowest BCUT2D eigenvalue weighted by Gasteiger charge is -2.04. The highest BCUT2D eigenvalue weighted by Crippen LogP contribution is 1.76. The summed E-state index contributed by atoms with van der Waals surface area (Å²) in [6.45, 7) is 4.01. The molecule has 0 radical (unpaired) electrons. The topological polar surface area (TPSA) is 55.1 Å². The van der Waals surface area contributed by atoms with Gasteiger partial charge in [0.2, 0.25) is 5.91 Å². The number of carbonyl (C=O) groups excluding carboxylic acids is 1. The Bertz CT molecular complexity index is 176. The summed E-state index contributed by atoms with van der Waals surface area (Å²) in [4.78, 5) is 10.8. The molecule has 0 fully saturated rings. The lowest BCUT2D eigenvalue weighted by molar-refractivity contribution is -0.121. The minimum absolute atomic E-state index is 0.122. The lowest BCUT2D eigenvalue weighted by Crippen LogP contribution is -2.38. The Kier molecular flexibility index (Phi) is 5.22. The standard InChI is InChI=1S/C8H14N2O/c1-3-4-5-6-10-8(11)7(2)9/h7H,5-6,9H2,1-2H3,(H,10,11)/t7-/m0/s1. The largest absolute Gasteiger partial charge is 0.354 e. The Morgan fingerprint density at radius 1 is 1.73 bits per heavy atom. The first-order valence-electron chi connectivity index (χ1n) is 3.61. The van der Waals surface area contributed by atoms with Crippen LogP contribution in [0.2, 0.25) is 0 Å². The molecule has 1 atom stereocenters. The van der Waals surface area contributed by atoms with Crippen molar-refractivity contribution in [2.45, 2.75) is 26.3 Å². The number of amides is 1. The van der Waals surface area contributed by atoms with Crippen LogP contribution in [0.3, 0.4) is 0 Å². The molecule has 0 bridgehead atoms. The highest BCUT2D eigenvalue weighted by Gasteiger charge is 2.03. The van der Waals surface area contributed by atoms with E-state index < -0.39 is 6.04 Å². The quantitative estimate of drug-likeness (QED) is 0.439. The predicted octanol–water partition coefficient (Wildman–Crippen LogP) is -0.137. The molecule has 3 nitrogen and oxygen atoms in total. The summed E-state index contributed by atoms with van der Waals surface area (Å²) in [5.74, 6) is 5.45. The summed E-state index contributed by atoms with van der Waals surface area (Å²) >= 11 is 0. The van der Waals surface area contributed by atoms with Crippen molar-refractivity contribution in [2.75, 3.05) is 6.54 Å². The van der Waals surface area contributed by atoms with Gasteiger partial charge in [0, 0.05) is 13.0 Å². The number of hydrogen-bond acceptors (Lipinski definition) is 2. The number of nitrogens with one attached hydrogen (secondary N) is 1. The van der Waals surface area contributed by atoms with E-state index in [0.717, 1.165) is 0 Å². The van der Waals surface area contributed by atoms with Crippen LogP contribution < -0.4 is 11.1 Å². The van der Waals surface area contributed by atoms with Gasteiger partial charge in [-0.2, -0.15) is 0 Å². The van der Waals surface area contributed by atoms with E-state index in [9.17, 15) is 4.79 Å². The highest BCUT2D eigenvalue weighted by atomic mass is 16.2. The van der Waals surface area contributed by atoms with Crippen molar-refractivity contribution in [3.63, 3.8) is 0 Å². The Morgan fingerprint density at radius 2 is 2.36 bits per heavy atom. The van der Waals surface area contributed by atoms with Crippen LogP contribution in [0.4, 0.5) is 0 Å². The van der Waals surface area contributed by atoms with Crippen LogP contribution in [0.5, 0.6) is 0 Å². The van der Waals surface area contributed by atoms with E-state index in [1.54, 1.807) is 13.8 Å². The minimum Gasteiger partial charge on any atom is -0.354 e. The van der Waals surface area contributed by atoms with Gasteiger partial charge in [0.15, 0.2) is 0 Å². The minimum atomic E-state index is -0.426. The fraction of sp³-hybridized carbons (Fsp3) is 0.625. The SMILES string of the molecule is CC#CCCNC(=O)[C@H](C)N. The smallest absolute Gasteiger partial charge is 0.236 e. The van der Waals surface area contributed by atoms with Gasteiger partial charge in [-0.3, -0.25) is 4.79 Å². The van der Waals surface area contributed by atoms with Crippen molar-refractivity contribution in [2.24, 2.45) is 5.73 Å². The van der Waals surface area contributed by atoms with Crippen LogP contribution >= 0.6 is 0 Å². The lowest BCUT2D eigenvalue weighted by atomic mass is 10.3. The second-order valence-corrected chi connectivity index (χ2v) is 2.26. The summed E-state index contributed by atoms with van der Waals surface area (Å²) in [7, 11) is 0. The zero-order chi connectivity index (χ0) is 8.69. The summed E-state index contributed by atoms with van der Waals surface area (Å²) < 4.78 is 0. The van der Waals surface area contributed by atoms with E-state index >= 15 is 0 Å². The molecule has 0 aliphatic carbocycles. The Morgan fingerprint density at radius 3 is 2.82 bits per heavy atom. The molecule has 1 amide bonds. The van der Waals surface area contributed by atoms with E-state index in [0.29, 0.717) is 13.0 Å². The normalized spacial score (nSPS) is 11.2. The van der Waals surface area contributed by atoms with Gasteiger partial charge in [0.25, 0.3) is 0 Å². The molecule has 0 unspecified atom stereocenters. The molecule has 3 heteroatoms. The van der Waals surface area contributed by atoms with Crippen LogP contribution in [-0.2, 0) is 4.79 Å². The second-order valence-electron chi connectivity index (χ2n) is 2.26. The summed E-state index contributed by atoms with van der Waals surface area (Å²) in [6.07, 6.45) is 0.689. The average Bonchev–Trinajstić information content (AvgIpc) is 1.97. The van der Waals surface area contributed by atoms with Crippen LogP contribution in [0.1, 0.15) is 20.3 Å². The van der Waals surface area contributed by atoms with E-state index in [4.69, 9.17) is 5.73 Å². The summed E-state index contributed by atoms with van der Waals surface area (Å²) in [6, 6.07) is -0.426. The third-order valence-corrected chi connectivity index (χ3v) is 1.14. The van der Waals surface area contributed by atoms with E-state index in [-0.39, 0.29) is 5.91 Å². The molecule has 62 valence electrons. The number of rotatable bonds is 3. The van der Waals surface area contributed by atoms with Gasteiger partial charge in [-0.25, -0.2) is 0 Å². The van der Waals surface area contributed by atoms with Crippen molar-refractivity contribution >= 4 is 5.91 Å². The van der Waals surface area contributed by atoms with Crippen LogP contribution in [0, 0.1) is 11.8 Å². The Labute approximate surface area is 67.3 Å². The maximum atomic E-state index is 10.8.